The summed E-state index contributed by atoms with van der Waals surface area (Å²) in [4.78, 5) is 27.1. The number of likely N-dealkylation sites (N-methyl/N-ethyl adjacent to an activating group) is 1. The number of aryl methyl sites for hydroxylation is 1. The lowest BCUT2D eigenvalue weighted by Crippen LogP contribution is -2.45. The molecule has 0 bridgehead atoms. The van der Waals surface area contributed by atoms with E-state index in [1.807, 2.05) is 31.2 Å². The fraction of sp³-hybridized carbons (Fsp3) is 0.400. The molecule has 22 heavy (non-hydrogen) atoms. The van der Waals surface area contributed by atoms with E-state index in [4.69, 9.17) is 11.6 Å². The lowest BCUT2D eigenvalue weighted by molar-refractivity contribution is 0.186. The van der Waals surface area contributed by atoms with Crippen LogP contribution in [-0.2, 0) is 0 Å². The molecule has 116 valence electrons. The fourth-order valence-electron chi connectivity index (χ4n) is 2.78. The van der Waals surface area contributed by atoms with Gasteiger partial charge in [-0.05, 0) is 24.1 Å². The summed E-state index contributed by atoms with van der Waals surface area (Å²) in [6, 6.07) is 7.56. The Morgan fingerprint density at radius 2 is 1.95 bits per heavy atom. The number of hydrogen-bond donors (Lipinski definition) is 0. The average molecular weight is 321 g/mol. The van der Waals surface area contributed by atoms with Crippen LogP contribution in [0.5, 0.6) is 0 Å². The molecule has 1 aromatic rings. The third kappa shape index (κ3) is 2.54. The maximum Gasteiger partial charge on any atom is 0.336 e. The SMILES string of the molecule is Cc1ccc(C2=NN(C(=O)Cl)CC2N2CCN(C)C2=O)cc1. The summed E-state index contributed by atoms with van der Waals surface area (Å²) in [5.74, 6) is 0. The molecule has 0 aliphatic carbocycles. The van der Waals surface area contributed by atoms with Gasteiger partial charge in [-0.1, -0.05) is 29.8 Å². The Hall–Kier alpha value is -2.08. The van der Waals surface area contributed by atoms with E-state index in [-0.39, 0.29) is 12.1 Å². The number of carbonyl (C=O) groups excluding carboxylic acids is 2. The van der Waals surface area contributed by atoms with Crippen LogP contribution >= 0.6 is 11.6 Å². The van der Waals surface area contributed by atoms with Gasteiger partial charge in [-0.2, -0.15) is 5.10 Å². The van der Waals surface area contributed by atoms with Gasteiger partial charge in [0.1, 0.15) is 0 Å². The molecular weight excluding hydrogens is 304 g/mol. The largest absolute Gasteiger partial charge is 0.336 e. The molecule has 1 unspecified atom stereocenters. The van der Waals surface area contributed by atoms with Gasteiger partial charge in [0.05, 0.1) is 18.3 Å². The quantitative estimate of drug-likeness (QED) is 0.619. The molecule has 1 saturated heterocycles. The number of hydrogen-bond acceptors (Lipinski definition) is 3. The molecule has 6 nitrogen and oxygen atoms in total. The molecule has 0 radical (unpaired) electrons. The number of urea groups is 1. The molecule has 1 atom stereocenters. The third-order valence-electron chi connectivity index (χ3n) is 4.07. The first-order chi connectivity index (χ1) is 10.5. The van der Waals surface area contributed by atoms with Crippen LogP contribution in [0.1, 0.15) is 11.1 Å². The number of carbonyl (C=O) groups is 2. The molecule has 2 aliphatic rings. The molecule has 0 N–H and O–H groups in total. The smallest absolute Gasteiger partial charge is 0.326 e. The zero-order valence-corrected chi connectivity index (χ0v) is 13.2. The summed E-state index contributed by atoms with van der Waals surface area (Å²) in [5.41, 5.74) is 2.75. The molecule has 1 aromatic carbocycles. The summed E-state index contributed by atoms with van der Waals surface area (Å²) < 4.78 is 0. The van der Waals surface area contributed by atoms with E-state index < -0.39 is 5.37 Å². The number of benzene rings is 1. The molecule has 2 aliphatic heterocycles. The molecule has 1 fully saturated rings. The van der Waals surface area contributed by atoms with Crippen molar-refractivity contribution in [2.24, 2.45) is 5.10 Å². The minimum absolute atomic E-state index is 0.0475. The number of amides is 3. The van der Waals surface area contributed by atoms with Gasteiger partial charge < -0.3 is 9.80 Å². The van der Waals surface area contributed by atoms with Crippen LogP contribution in [0.15, 0.2) is 29.4 Å². The second kappa shape index (κ2) is 5.61. The second-order valence-corrected chi connectivity index (χ2v) is 5.92. The third-order valence-corrected chi connectivity index (χ3v) is 4.26. The van der Waals surface area contributed by atoms with Gasteiger partial charge in [-0.3, -0.25) is 4.79 Å². The van der Waals surface area contributed by atoms with Crippen molar-refractivity contribution >= 4 is 28.7 Å². The van der Waals surface area contributed by atoms with E-state index in [2.05, 4.69) is 5.10 Å². The van der Waals surface area contributed by atoms with Crippen LogP contribution in [0, 0.1) is 6.92 Å². The number of hydrazone groups is 1. The lowest BCUT2D eigenvalue weighted by atomic mass is 10.0. The highest BCUT2D eigenvalue weighted by Crippen LogP contribution is 2.23. The van der Waals surface area contributed by atoms with Crippen molar-refractivity contribution in [3.8, 4) is 0 Å². The van der Waals surface area contributed by atoms with E-state index in [0.29, 0.717) is 25.3 Å². The zero-order chi connectivity index (χ0) is 15.9. The van der Waals surface area contributed by atoms with Gasteiger partial charge in [0.25, 0.3) is 0 Å². The Bertz CT molecular complexity index is 643. The van der Waals surface area contributed by atoms with Gasteiger partial charge in [-0.25, -0.2) is 9.80 Å². The van der Waals surface area contributed by atoms with Crippen molar-refractivity contribution in [3.63, 3.8) is 0 Å². The number of rotatable bonds is 2. The molecule has 3 rings (SSSR count). The Kier molecular flexibility index (Phi) is 3.78. The van der Waals surface area contributed by atoms with Crippen molar-refractivity contribution < 1.29 is 9.59 Å². The Morgan fingerprint density at radius 3 is 2.50 bits per heavy atom. The van der Waals surface area contributed by atoms with E-state index in [0.717, 1.165) is 11.1 Å². The second-order valence-electron chi connectivity index (χ2n) is 5.60. The Balaban J connectivity index is 1.95. The van der Waals surface area contributed by atoms with Gasteiger partial charge >= 0.3 is 11.4 Å². The van der Waals surface area contributed by atoms with Crippen LogP contribution in [0.4, 0.5) is 9.59 Å². The first-order valence-corrected chi connectivity index (χ1v) is 7.49. The molecular formula is C15H17ClN4O2. The van der Waals surface area contributed by atoms with Crippen LogP contribution in [-0.4, -0.2) is 64.6 Å². The monoisotopic (exact) mass is 320 g/mol. The standard InChI is InChI=1S/C15H17ClN4O2/c1-10-3-5-11(6-4-10)13-12(9-20(17-13)14(16)21)19-8-7-18(2)15(19)22/h3-6,12H,7-9H2,1-2H3. The predicted molar refractivity (Wildman–Crippen MR) is 84.2 cm³/mol. The first-order valence-electron chi connectivity index (χ1n) is 7.11. The minimum Gasteiger partial charge on any atom is -0.326 e. The van der Waals surface area contributed by atoms with Crippen LogP contribution in [0.3, 0.4) is 0 Å². The van der Waals surface area contributed by atoms with Crippen molar-refractivity contribution in [2.75, 3.05) is 26.7 Å². The highest BCUT2D eigenvalue weighted by molar-refractivity contribution is 6.62. The Labute approximate surface area is 133 Å². The van der Waals surface area contributed by atoms with E-state index in [1.54, 1.807) is 16.8 Å². The van der Waals surface area contributed by atoms with Crippen LogP contribution in [0.25, 0.3) is 0 Å². The van der Waals surface area contributed by atoms with E-state index in [9.17, 15) is 9.59 Å². The fourth-order valence-corrected chi connectivity index (χ4v) is 2.88. The van der Waals surface area contributed by atoms with Gasteiger partial charge in [0.15, 0.2) is 0 Å². The van der Waals surface area contributed by atoms with Crippen LogP contribution in [0.2, 0.25) is 0 Å². The summed E-state index contributed by atoms with van der Waals surface area (Å²) in [6.07, 6.45) is 0. The van der Waals surface area contributed by atoms with E-state index in [1.165, 1.54) is 5.01 Å². The number of nitrogens with zero attached hydrogens (tertiary/aromatic N) is 4. The molecule has 0 saturated carbocycles. The highest BCUT2D eigenvalue weighted by atomic mass is 35.5. The van der Waals surface area contributed by atoms with Crippen molar-refractivity contribution in [1.29, 1.82) is 0 Å². The zero-order valence-electron chi connectivity index (χ0n) is 12.5. The molecule has 7 heteroatoms. The van der Waals surface area contributed by atoms with Crippen molar-refractivity contribution in [1.82, 2.24) is 14.8 Å². The number of halogens is 1. The van der Waals surface area contributed by atoms with Gasteiger partial charge in [0, 0.05) is 20.1 Å². The summed E-state index contributed by atoms with van der Waals surface area (Å²) in [6.45, 7) is 3.59. The summed E-state index contributed by atoms with van der Waals surface area (Å²) >= 11 is 5.57. The predicted octanol–water partition coefficient (Wildman–Crippen LogP) is 2.11. The highest BCUT2D eigenvalue weighted by Gasteiger charge is 2.40. The maximum absolute atomic E-state index is 12.3. The van der Waals surface area contributed by atoms with Gasteiger partial charge in [-0.15, -0.1) is 0 Å². The molecule has 0 aromatic heterocycles. The summed E-state index contributed by atoms with van der Waals surface area (Å²) in [7, 11) is 1.77. The van der Waals surface area contributed by atoms with Crippen LogP contribution < -0.4 is 0 Å². The van der Waals surface area contributed by atoms with Gasteiger partial charge in [0.2, 0.25) is 0 Å². The minimum atomic E-state index is -0.632. The Morgan fingerprint density at radius 1 is 1.27 bits per heavy atom. The van der Waals surface area contributed by atoms with E-state index >= 15 is 0 Å². The van der Waals surface area contributed by atoms with Crippen molar-refractivity contribution in [2.45, 2.75) is 13.0 Å². The maximum atomic E-state index is 12.3. The normalized spacial score (nSPS) is 21.6. The van der Waals surface area contributed by atoms with Crippen molar-refractivity contribution in [3.05, 3.63) is 35.4 Å². The lowest BCUT2D eigenvalue weighted by Gasteiger charge is -2.24. The average Bonchev–Trinajstić information content (AvgIpc) is 3.05. The molecule has 0 spiro atoms. The molecule has 3 amide bonds. The molecule has 2 heterocycles. The summed E-state index contributed by atoms with van der Waals surface area (Å²) in [5, 5.41) is 4.91. The topological polar surface area (TPSA) is 56.2 Å². The first kappa shape index (κ1) is 14.8.